The van der Waals surface area contributed by atoms with Crippen molar-refractivity contribution in [3.05, 3.63) is 41.1 Å². The minimum absolute atomic E-state index is 0. The number of hydrogen-bond donors (Lipinski definition) is 0. The molecule has 3 rings (SSSR count). The number of hydrogen-bond acceptors (Lipinski definition) is 4. The number of rotatable bonds is 5. The predicted octanol–water partition coefficient (Wildman–Crippen LogP) is 5.02. The van der Waals surface area contributed by atoms with Crippen LogP contribution >= 0.6 is 0 Å². The molecule has 0 radical (unpaired) electrons. The van der Waals surface area contributed by atoms with E-state index in [0.29, 0.717) is 11.8 Å². The molecule has 1 aliphatic rings. The molecule has 0 N–H and O–H groups in total. The smallest absolute Gasteiger partial charge is 0.178 e. The lowest BCUT2D eigenvalue weighted by Gasteiger charge is -2.26. The van der Waals surface area contributed by atoms with Crippen molar-refractivity contribution in [3.8, 4) is 0 Å². The Hall–Kier alpha value is -2.07. The number of carbonyl (C=O) groups is 2. The molecule has 0 aliphatic heterocycles. The zero-order valence-electron chi connectivity index (χ0n) is 15.2. The second kappa shape index (κ2) is 8.54. The minimum atomic E-state index is -0.0196. The summed E-state index contributed by atoms with van der Waals surface area (Å²) in [6, 6.07) is 7.62. The van der Waals surface area contributed by atoms with Crippen molar-refractivity contribution < 1.29 is 14.3 Å². The summed E-state index contributed by atoms with van der Waals surface area (Å²) >= 11 is 0. The van der Waals surface area contributed by atoms with E-state index in [-0.39, 0.29) is 24.9 Å². The quantitative estimate of drug-likeness (QED) is 0.706. The Morgan fingerprint density at radius 1 is 1.15 bits per heavy atom. The molecule has 0 spiro atoms. The maximum absolute atomic E-state index is 12.9. The van der Waals surface area contributed by atoms with Crippen LogP contribution in [-0.4, -0.2) is 29.8 Å². The van der Waals surface area contributed by atoms with Gasteiger partial charge in [0.05, 0.1) is 11.6 Å². The number of nitrogens with zero attached hydrogens (tertiary/aromatic N) is 1. The van der Waals surface area contributed by atoms with Crippen LogP contribution in [0, 0.1) is 5.92 Å². The van der Waals surface area contributed by atoms with Crippen LogP contribution in [0.15, 0.2) is 24.3 Å². The highest BCUT2D eigenvalue weighted by atomic mass is 16.5. The number of aryl methyl sites for hydroxylation is 1. The highest BCUT2D eigenvalue weighted by molar-refractivity contribution is 6.02. The van der Waals surface area contributed by atoms with Gasteiger partial charge in [0.1, 0.15) is 5.69 Å². The predicted molar refractivity (Wildman–Crippen MR) is 105 cm³/mol. The first-order valence-electron chi connectivity index (χ1n) is 9.05. The topological polar surface area (TPSA) is 56.3 Å². The second-order valence-corrected chi connectivity index (χ2v) is 6.89. The number of aromatic nitrogens is 1. The number of ether oxygens (including phenoxy) is 1. The Morgan fingerprint density at radius 3 is 2.42 bits per heavy atom. The van der Waals surface area contributed by atoms with E-state index >= 15 is 0 Å². The molecule has 1 aromatic carbocycles. The molecule has 1 aromatic heterocycles. The minimum Gasteiger partial charge on any atom is -0.381 e. The normalized spacial score (nSPS) is 19.8. The lowest BCUT2D eigenvalue weighted by molar-refractivity contribution is 0.0519. The van der Waals surface area contributed by atoms with Crippen molar-refractivity contribution in [1.82, 2.24) is 4.98 Å². The van der Waals surface area contributed by atoms with Gasteiger partial charge in [-0.25, -0.2) is 4.98 Å². The van der Waals surface area contributed by atoms with E-state index in [9.17, 15) is 9.59 Å². The number of carbonyl (C=O) groups excluding carboxylic acids is 2. The van der Waals surface area contributed by atoms with Crippen molar-refractivity contribution in [2.24, 2.45) is 5.92 Å². The third kappa shape index (κ3) is 4.01. The number of methoxy groups -OCH3 is 1. The Labute approximate surface area is 156 Å². The van der Waals surface area contributed by atoms with Crippen LogP contribution in [-0.2, 0) is 11.2 Å². The highest BCUT2D eigenvalue weighted by Crippen LogP contribution is 2.29. The van der Waals surface area contributed by atoms with Gasteiger partial charge in [0.2, 0.25) is 0 Å². The summed E-state index contributed by atoms with van der Waals surface area (Å²) in [5.74, 6) is 0.276. The van der Waals surface area contributed by atoms with Crippen LogP contribution in [0.2, 0.25) is 0 Å². The van der Waals surface area contributed by atoms with Crippen molar-refractivity contribution in [3.63, 3.8) is 0 Å². The molecule has 4 nitrogen and oxygen atoms in total. The first kappa shape index (κ1) is 20.2. The monoisotopic (exact) mass is 355 g/mol. The fourth-order valence-electron chi connectivity index (χ4n) is 3.74. The molecule has 26 heavy (non-hydrogen) atoms. The van der Waals surface area contributed by atoms with Crippen molar-refractivity contribution in [2.45, 2.75) is 59.5 Å². The molecular formula is C22H29NO3. The molecule has 0 bridgehead atoms. The first-order chi connectivity index (χ1) is 12.0. The third-order valence-corrected chi connectivity index (χ3v) is 5.27. The average Bonchev–Trinajstić information content (AvgIpc) is 2.65. The summed E-state index contributed by atoms with van der Waals surface area (Å²) in [7, 11) is 1.74. The van der Waals surface area contributed by atoms with Crippen molar-refractivity contribution >= 4 is 22.5 Å². The second-order valence-electron chi connectivity index (χ2n) is 6.89. The molecule has 140 valence electrons. The van der Waals surface area contributed by atoms with E-state index in [0.717, 1.165) is 54.1 Å². The largest absolute Gasteiger partial charge is 0.381 e. The SMILES string of the molecule is C.CCc1cc2cc(C(=O)C3CCC(OC)CC3)ccc2nc1C(C)=O. The zero-order chi connectivity index (χ0) is 18.0. The van der Waals surface area contributed by atoms with E-state index in [1.165, 1.54) is 0 Å². The molecule has 1 aliphatic carbocycles. The van der Waals surface area contributed by atoms with Crippen molar-refractivity contribution in [1.29, 1.82) is 0 Å². The maximum Gasteiger partial charge on any atom is 0.178 e. The summed E-state index contributed by atoms with van der Waals surface area (Å²) in [6.45, 7) is 3.56. The van der Waals surface area contributed by atoms with Gasteiger partial charge in [-0.2, -0.15) is 0 Å². The van der Waals surface area contributed by atoms with Gasteiger partial charge in [0, 0.05) is 30.9 Å². The number of ketones is 2. The molecule has 0 amide bonds. The number of benzene rings is 1. The molecule has 2 aromatic rings. The summed E-state index contributed by atoms with van der Waals surface area (Å²) in [6.07, 6.45) is 4.71. The van der Waals surface area contributed by atoms with E-state index in [1.807, 2.05) is 31.2 Å². The van der Waals surface area contributed by atoms with Gasteiger partial charge in [-0.3, -0.25) is 9.59 Å². The molecule has 1 heterocycles. The van der Waals surface area contributed by atoms with Gasteiger partial charge >= 0.3 is 0 Å². The number of pyridine rings is 1. The zero-order valence-corrected chi connectivity index (χ0v) is 15.2. The summed E-state index contributed by atoms with van der Waals surface area (Å²) in [5.41, 5.74) is 2.98. The molecule has 4 heteroatoms. The summed E-state index contributed by atoms with van der Waals surface area (Å²) in [5, 5.41) is 0.929. The fourth-order valence-corrected chi connectivity index (χ4v) is 3.74. The lowest BCUT2D eigenvalue weighted by Crippen LogP contribution is -2.25. The number of fused-ring (bicyclic) bond motifs is 1. The Morgan fingerprint density at radius 2 is 1.85 bits per heavy atom. The maximum atomic E-state index is 12.9. The van der Waals surface area contributed by atoms with Crippen LogP contribution in [0.5, 0.6) is 0 Å². The van der Waals surface area contributed by atoms with Gasteiger partial charge in [-0.1, -0.05) is 14.4 Å². The van der Waals surface area contributed by atoms with Crippen molar-refractivity contribution in [2.75, 3.05) is 7.11 Å². The van der Waals surface area contributed by atoms with Crippen LogP contribution in [0.1, 0.15) is 73.4 Å². The number of Topliss-reactive ketones (excluding diaryl/α,β-unsaturated/α-hetero) is 2. The molecule has 1 fully saturated rings. The first-order valence-corrected chi connectivity index (χ1v) is 9.05. The Balaban J connectivity index is 0.00000243. The lowest BCUT2D eigenvalue weighted by atomic mass is 9.82. The highest BCUT2D eigenvalue weighted by Gasteiger charge is 2.27. The molecule has 0 saturated heterocycles. The summed E-state index contributed by atoms with van der Waals surface area (Å²) in [4.78, 5) is 29.1. The van der Waals surface area contributed by atoms with Gasteiger partial charge in [0.25, 0.3) is 0 Å². The van der Waals surface area contributed by atoms with E-state index in [4.69, 9.17) is 4.74 Å². The Bertz CT molecular complexity index is 804. The van der Waals surface area contributed by atoms with Gasteiger partial charge < -0.3 is 4.74 Å². The molecular weight excluding hydrogens is 326 g/mol. The molecule has 1 saturated carbocycles. The van der Waals surface area contributed by atoms with Crippen LogP contribution in [0.3, 0.4) is 0 Å². The average molecular weight is 355 g/mol. The fraction of sp³-hybridized carbons (Fsp3) is 0.500. The summed E-state index contributed by atoms with van der Waals surface area (Å²) < 4.78 is 5.39. The van der Waals surface area contributed by atoms with E-state index in [2.05, 4.69) is 4.98 Å². The van der Waals surface area contributed by atoms with Crippen LogP contribution in [0.4, 0.5) is 0 Å². The van der Waals surface area contributed by atoms with E-state index < -0.39 is 0 Å². The van der Waals surface area contributed by atoms with Crippen LogP contribution in [0.25, 0.3) is 10.9 Å². The molecule has 0 atom stereocenters. The van der Waals surface area contributed by atoms with E-state index in [1.54, 1.807) is 14.0 Å². The Kier molecular flexibility index (Phi) is 6.65. The molecule has 0 unspecified atom stereocenters. The van der Waals surface area contributed by atoms with Crippen LogP contribution < -0.4 is 0 Å². The standard InChI is InChI=1S/C21H25NO3.CH4/c1-4-14-11-17-12-16(7-10-19(17)22-20(14)13(2)23)21(24)15-5-8-18(25-3)9-6-15;/h7,10-12,15,18H,4-6,8-9H2,1-3H3;1H4. The van der Waals surface area contributed by atoms with Gasteiger partial charge in [0.15, 0.2) is 11.6 Å². The van der Waals surface area contributed by atoms with Gasteiger partial charge in [-0.15, -0.1) is 0 Å². The third-order valence-electron chi connectivity index (χ3n) is 5.27. The van der Waals surface area contributed by atoms with Gasteiger partial charge in [-0.05, 0) is 61.9 Å².